The van der Waals surface area contributed by atoms with Gasteiger partial charge in [0.2, 0.25) is 11.1 Å². The van der Waals surface area contributed by atoms with Crippen LogP contribution < -0.4 is 5.32 Å². The van der Waals surface area contributed by atoms with Gasteiger partial charge in [0.15, 0.2) is 5.82 Å². The van der Waals surface area contributed by atoms with Crippen molar-refractivity contribution < 1.29 is 4.79 Å². The van der Waals surface area contributed by atoms with Crippen LogP contribution in [0.1, 0.15) is 23.7 Å². The van der Waals surface area contributed by atoms with Gasteiger partial charge in [-0.15, -0.1) is 5.10 Å². The molecule has 0 radical (unpaired) electrons. The summed E-state index contributed by atoms with van der Waals surface area (Å²) in [6.45, 7) is 0. The molecule has 4 rings (SSSR count). The number of amides is 1. The van der Waals surface area contributed by atoms with Gasteiger partial charge >= 0.3 is 0 Å². The third kappa shape index (κ3) is 3.88. The van der Waals surface area contributed by atoms with E-state index in [1.54, 1.807) is 12.4 Å². The number of aromatic amines is 1. The van der Waals surface area contributed by atoms with Crippen molar-refractivity contribution in [1.82, 2.24) is 25.5 Å². The molecule has 7 heteroatoms. The minimum absolute atomic E-state index is 0.00830. The molecule has 25 heavy (non-hydrogen) atoms. The van der Waals surface area contributed by atoms with Gasteiger partial charge < -0.3 is 5.32 Å². The van der Waals surface area contributed by atoms with Crippen LogP contribution in [0.4, 0.5) is 0 Å². The van der Waals surface area contributed by atoms with Gasteiger partial charge in [-0.3, -0.25) is 14.9 Å². The van der Waals surface area contributed by atoms with E-state index in [0.717, 1.165) is 24.0 Å². The maximum absolute atomic E-state index is 12.7. The smallest absolute Gasteiger partial charge is 0.238 e. The summed E-state index contributed by atoms with van der Waals surface area (Å²) in [5.74, 6) is 0.674. The Morgan fingerprint density at radius 3 is 2.64 bits per heavy atom. The van der Waals surface area contributed by atoms with E-state index >= 15 is 0 Å². The molecular weight excluding hydrogens is 334 g/mol. The summed E-state index contributed by atoms with van der Waals surface area (Å²) in [5.41, 5.74) is 1.86. The number of H-pyrrole nitrogens is 1. The first-order valence-corrected chi connectivity index (χ1v) is 9.02. The third-order valence-corrected chi connectivity index (χ3v) is 5.02. The molecule has 1 saturated carbocycles. The van der Waals surface area contributed by atoms with Crippen LogP contribution in [0.15, 0.2) is 60.0 Å². The normalized spacial score (nSPS) is 14.9. The first kappa shape index (κ1) is 15.8. The molecule has 0 spiro atoms. The number of benzene rings is 1. The molecule has 0 unspecified atom stereocenters. The lowest BCUT2D eigenvalue weighted by atomic mass is 10.1. The minimum atomic E-state index is -0.372. The standard InChI is InChI=1S/C18H17N5OS/c24-17(20-14-6-7-14)15(12-4-2-1-3-5-12)25-18-21-16(22-23-18)13-8-10-19-11-9-13/h1-5,8-11,14-15H,6-7H2,(H,20,24)(H,21,22,23)/t15-/m1/s1. The number of thioether (sulfide) groups is 1. The van der Waals surface area contributed by atoms with Crippen LogP contribution in [0.25, 0.3) is 11.4 Å². The fourth-order valence-corrected chi connectivity index (χ4v) is 3.37. The van der Waals surface area contributed by atoms with Crippen LogP contribution in [0, 0.1) is 0 Å². The first-order chi connectivity index (χ1) is 12.3. The SMILES string of the molecule is O=C(NC1CC1)[C@H](Sc1n[nH]c(-c2ccncc2)n1)c1ccccc1. The molecule has 0 aliphatic heterocycles. The summed E-state index contributed by atoms with van der Waals surface area (Å²) in [7, 11) is 0. The molecule has 3 aromatic rings. The van der Waals surface area contributed by atoms with E-state index in [-0.39, 0.29) is 11.2 Å². The molecule has 1 amide bonds. The number of nitrogens with one attached hydrogen (secondary N) is 2. The molecule has 0 bridgehead atoms. The molecule has 126 valence electrons. The van der Waals surface area contributed by atoms with Gasteiger partial charge in [-0.25, -0.2) is 4.98 Å². The Morgan fingerprint density at radius 1 is 1.16 bits per heavy atom. The predicted octanol–water partition coefficient (Wildman–Crippen LogP) is 2.98. The zero-order valence-corrected chi connectivity index (χ0v) is 14.2. The van der Waals surface area contributed by atoms with Crippen molar-refractivity contribution in [1.29, 1.82) is 0 Å². The zero-order chi connectivity index (χ0) is 17.1. The Bertz CT molecular complexity index is 848. The van der Waals surface area contributed by atoms with E-state index in [1.807, 2.05) is 42.5 Å². The molecule has 6 nitrogen and oxygen atoms in total. The van der Waals surface area contributed by atoms with Crippen molar-refractivity contribution in [2.24, 2.45) is 0 Å². The second-order valence-corrected chi connectivity index (χ2v) is 6.97. The van der Waals surface area contributed by atoms with Crippen molar-refractivity contribution in [3.63, 3.8) is 0 Å². The van der Waals surface area contributed by atoms with Gasteiger partial charge in [0.1, 0.15) is 5.25 Å². The Balaban J connectivity index is 1.56. The van der Waals surface area contributed by atoms with E-state index in [2.05, 4.69) is 25.5 Å². The molecule has 1 aliphatic carbocycles. The maximum Gasteiger partial charge on any atom is 0.238 e. The predicted molar refractivity (Wildman–Crippen MR) is 95.8 cm³/mol. The summed E-state index contributed by atoms with van der Waals surface area (Å²) in [4.78, 5) is 21.2. The van der Waals surface area contributed by atoms with Gasteiger partial charge in [0, 0.05) is 24.0 Å². The van der Waals surface area contributed by atoms with E-state index in [9.17, 15) is 4.79 Å². The topological polar surface area (TPSA) is 83.6 Å². The number of pyridine rings is 1. The molecule has 1 atom stereocenters. The van der Waals surface area contributed by atoms with Crippen molar-refractivity contribution in [3.8, 4) is 11.4 Å². The highest BCUT2D eigenvalue weighted by Gasteiger charge is 2.30. The van der Waals surface area contributed by atoms with Crippen molar-refractivity contribution in [2.75, 3.05) is 0 Å². The summed E-state index contributed by atoms with van der Waals surface area (Å²) in [5, 5.41) is 10.4. The molecule has 2 heterocycles. The maximum atomic E-state index is 12.7. The van der Waals surface area contributed by atoms with E-state index < -0.39 is 0 Å². The van der Waals surface area contributed by atoms with Crippen LogP contribution in [0.3, 0.4) is 0 Å². The van der Waals surface area contributed by atoms with Crippen molar-refractivity contribution in [3.05, 3.63) is 60.4 Å². The molecular formula is C18H17N5OS. The summed E-state index contributed by atoms with van der Waals surface area (Å²) >= 11 is 1.35. The molecule has 2 N–H and O–H groups in total. The summed E-state index contributed by atoms with van der Waals surface area (Å²) in [6, 6.07) is 13.8. The summed E-state index contributed by atoms with van der Waals surface area (Å²) in [6.07, 6.45) is 5.54. The first-order valence-electron chi connectivity index (χ1n) is 8.14. The number of nitrogens with zero attached hydrogens (tertiary/aromatic N) is 3. The lowest BCUT2D eigenvalue weighted by molar-refractivity contribution is -0.120. The molecule has 1 aliphatic rings. The van der Waals surface area contributed by atoms with Gasteiger partial charge in [-0.2, -0.15) is 0 Å². The Kier molecular flexibility index (Phi) is 4.47. The highest BCUT2D eigenvalue weighted by molar-refractivity contribution is 8.00. The molecule has 0 saturated heterocycles. The van der Waals surface area contributed by atoms with Crippen LogP contribution in [-0.4, -0.2) is 32.1 Å². The lowest BCUT2D eigenvalue weighted by Gasteiger charge is -2.15. The number of carbonyl (C=O) groups is 1. The highest BCUT2D eigenvalue weighted by Crippen LogP contribution is 2.35. The lowest BCUT2D eigenvalue weighted by Crippen LogP contribution is -2.29. The Hall–Kier alpha value is -2.67. The Labute approximate surface area is 149 Å². The monoisotopic (exact) mass is 351 g/mol. The van der Waals surface area contributed by atoms with Crippen molar-refractivity contribution in [2.45, 2.75) is 29.3 Å². The molecule has 1 aromatic carbocycles. The van der Waals surface area contributed by atoms with Gasteiger partial charge in [0.05, 0.1) is 0 Å². The number of carbonyl (C=O) groups excluding carboxylic acids is 1. The second kappa shape index (κ2) is 7.06. The highest BCUT2D eigenvalue weighted by atomic mass is 32.2. The largest absolute Gasteiger partial charge is 0.352 e. The van der Waals surface area contributed by atoms with Crippen LogP contribution in [0.5, 0.6) is 0 Å². The number of hydrogen-bond donors (Lipinski definition) is 2. The van der Waals surface area contributed by atoms with Gasteiger partial charge in [-0.1, -0.05) is 42.1 Å². The van der Waals surface area contributed by atoms with Gasteiger partial charge in [0.25, 0.3) is 0 Å². The fraction of sp³-hybridized carbons (Fsp3) is 0.222. The molecule has 1 fully saturated rings. The third-order valence-electron chi connectivity index (χ3n) is 3.91. The van der Waals surface area contributed by atoms with E-state index in [4.69, 9.17) is 0 Å². The second-order valence-electron chi connectivity index (χ2n) is 5.89. The van der Waals surface area contributed by atoms with Crippen molar-refractivity contribution >= 4 is 17.7 Å². The quantitative estimate of drug-likeness (QED) is 0.667. The zero-order valence-electron chi connectivity index (χ0n) is 13.4. The number of aromatic nitrogens is 4. The molecule has 2 aromatic heterocycles. The average Bonchev–Trinajstić information content (AvgIpc) is 3.35. The summed E-state index contributed by atoms with van der Waals surface area (Å²) < 4.78 is 0. The van der Waals surface area contributed by atoms with E-state index in [0.29, 0.717) is 17.0 Å². The fourth-order valence-electron chi connectivity index (χ4n) is 2.45. The van der Waals surface area contributed by atoms with Crippen LogP contribution in [-0.2, 0) is 4.79 Å². The van der Waals surface area contributed by atoms with Crippen LogP contribution >= 0.6 is 11.8 Å². The number of rotatable bonds is 6. The number of hydrogen-bond acceptors (Lipinski definition) is 5. The average molecular weight is 351 g/mol. The van der Waals surface area contributed by atoms with E-state index in [1.165, 1.54) is 11.8 Å². The minimum Gasteiger partial charge on any atom is -0.352 e. The van der Waals surface area contributed by atoms with Gasteiger partial charge in [-0.05, 0) is 30.5 Å². The van der Waals surface area contributed by atoms with Crippen LogP contribution in [0.2, 0.25) is 0 Å². The Morgan fingerprint density at radius 2 is 1.92 bits per heavy atom.